The van der Waals surface area contributed by atoms with Crippen molar-refractivity contribution >= 4 is 45.1 Å². The highest BCUT2D eigenvalue weighted by molar-refractivity contribution is 7.99. The fourth-order valence-corrected chi connectivity index (χ4v) is 4.60. The van der Waals surface area contributed by atoms with E-state index in [9.17, 15) is 14.4 Å². The second-order valence-electron chi connectivity index (χ2n) is 6.34. The molecule has 2 aromatic rings. The van der Waals surface area contributed by atoms with E-state index in [1.54, 1.807) is 11.6 Å². The Hall–Kier alpha value is -1.87. The maximum absolute atomic E-state index is 13.0. The number of fused-ring (bicyclic) bond motifs is 1. The van der Waals surface area contributed by atoms with Crippen LogP contribution in [0.4, 0.5) is 0 Å². The highest BCUT2D eigenvalue weighted by Crippen LogP contribution is 2.29. The largest absolute Gasteiger partial charge is 0.358 e. The SMILES string of the molecule is CNC(=O)CN(C)C(=O)CSc1nc2sc(C)c(C)c2c(=O)n1C(C)C. The van der Waals surface area contributed by atoms with E-state index in [2.05, 4.69) is 10.3 Å². The van der Waals surface area contributed by atoms with Gasteiger partial charge in [-0.1, -0.05) is 11.8 Å². The molecule has 0 spiro atoms. The van der Waals surface area contributed by atoms with Gasteiger partial charge in [0.25, 0.3) is 5.56 Å². The number of nitrogens with zero attached hydrogens (tertiary/aromatic N) is 3. The zero-order valence-corrected chi connectivity index (χ0v) is 17.5. The second-order valence-corrected chi connectivity index (χ2v) is 8.48. The molecule has 0 unspecified atom stereocenters. The number of amides is 2. The lowest BCUT2D eigenvalue weighted by Gasteiger charge is -2.18. The first-order valence-corrected chi connectivity index (χ1v) is 10.1. The summed E-state index contributed by atoms with van der Waals surface area (Å²) in [6, 6.07) is -0.0693. The van der Waals surface area contributed by atoms with E-state index < -0.39 is 0 Å². The lowest BCUT2D eigenvalue weighted by atomic mass is 10.2. The Bertz CT molecular complexity index is 902. The number of aryl methyl sites for hydroxylation is 2. The van der Waals surface area contributed by atoms with Gasteiger partial charge in [-0.3, -0.25) is 19.0 Å². The number of rotatable bonds is 6. The summed E-state index contributed by atoms with van der Waals surface area (Å²) < 4.78 is 1.64. The molecule has 0 radical (unpaired) electrons. The zero-order chi connectivity index (χ0) is 19.6. The molecule has 26 heavy (non-hydrogen) atoms. The molecule has 0 aliphatic carbocycles. The molecule has 0 saturated heterocycles. The third kappa shape index (κ3) is 4.09. The molecular weight excluding hydrogens is 372 g/mol. The molecule has 142 valence electrons. The van der Waals surface area contributed by atoms with Crippen molar-refractivity contribution in [2.24, 2.45) is 0 Å². The van der Waals surface area contributed by atoms with Gasteiger partial charge in [0.05, 0.1) is 17.7 Å². The van der Waals surface area contributed by atoms with Crippen LogP contribution in [-0.2, 0) is 9.59 Å². The van der Waals surface area contributed by atoms with E-state index in [1.807, 2.05) is 27.7 Å². The van der Waals surface area contributed by atoms with Crippen LogP contribution >= 0.6 is 23.1 Å². The topological polar surface area (TPSA) is 84.3 Å². The number of likely N-dealkylation sites (N-methyl/N-ethyl adjacent to an activating group) is 2. The van der Waals surface area contributed by atoms with Gasteiger partial charge in [0.15, 0.2) is 5.16 Å². The van der Waals surface area contributed by atoms with Gasteiger partial charge in [-0.15, -0.1) is 11.3 Å². The van der Waals surface area contributed by atoms with E-state index in [1.165, 1.54) is 35.0 Å². The Morgan fingerprint density at radius 1 is 1.35 bits per heavy atom. The van der Waals surface area contributed by atoms with Crippen molar-refractivity contribution in [3.63, 3.8) is 0 Å². The third-order valence-corrected chi connectivity index (χ3v) is 6.17. The maximum atomic E-state index is 13.0. The van der Waals surface area contributed by atoms with Gasteiger partial charge in [0, 0.05) is 25.0 Å². The van der Waals surface area contributed by atoms with Crippen molar-refractivity contribution in [2.45, 2.75) is 38.9 Å². The van der Waals surface area contributed by atoms with Gasteiger partial charge in [0.1, 0.15) is 4.83 Å². The van der Waals surface area contributed by atoms with Gasteiger partial charge < -0.3 is 10.2 Å². The molecule has 0 aliphatic rings. The number of hydrogen-bond donors (Lipinski definition) is 1. The Morgan fingerprint density at radius 3 is 2.58 bits per heavy atom. The number of nitrogens with one attached hydrogen (secondary N) is 1. The Morgan fingerprint density at radius 2 is 2.00 bits per heavy atom. The average molecular weight is 397 g/mol. The van der Waals surface area contributed by atoms with E-state index in [-0.39, 0.29) is 35.7 Å². The van der Waals surface area contributed by atoms with Gasteiger partial charge in [-0.2, -0.15) is 0 Å². The van der Waals surface area contributed by atoms with Crippen LogP contribution in [-0.4, -0.2) is 52.7 Å². The minimum Gasteiger partial charge on any atom is -0.358 e. The molecule has 0 aromatic carbocycles. The lowest BCUT2D eigenvalue weighted by molar-refractivity contribution is -0.132. The standard InChI is InChI=1S/C17H24N4O3S2/c1-9(2)21-16(24)14-10(3)11(4)26-15(14)19-17(21)25-8-13(23)20(6)7-12(22)18-5/h9H,7-8H2,1-6H3,(H,18,22). The smallest absolute Gasteiger partial charge is 0.263 e. The van der Waals surface area contributed by atoms with E-state index >= 15 is 0 Å². The van der Waals surface area contributed by atoms with Crippen molar-refractivity contribution in [3.8, 4) is 0 Å². The fourth-order valence-electron chi connectivity index (χ4n) is 2.46. The quantitative estimate of drug-likeness (QED) is 0.596. The zero-order valence-electron chi connectivity index (χ0n) is 15.9. The highest BCUT2D eigenvalue weighted by Gasteiger charge is 2.20. The predicted molar refractivity (Wildman–Crippen MR) is 106 cm³/mol. The summed E-state index contributed by atoms with van der Waals surface area (Å²) in [6.07, 6.45) is 0. The van der Waals surface area contributed by atoms with Crippen LogP contribution in [0.25, 0.3) is 10.2 Å². The van der Waals surface area contributed by atoms with E-state index in [0.717, 1.165) is 10.4 Å². The van der Waals surface area contributed by atoms with E-state index in [4.69, 9.17) is 0 Å². The van der Waals surface area contributed by atoms with Crippen molar-refractivity contribution < 1.29 is 9.59 Å². The highest BCUT2D eigenvalue weighted by atomic mass is 32.2. The van der Waals surface area contributed by atoms with E-state index in [0.29, 0.717) is 15.4 Å². The molecule has 7 nitrogen and oxygen atoms in total. The predicted octanol–water partition coefficient (Wildman–Crippen LogP) is 1.95. The second kappa shape index (κ2) is 8.22. The number of hydrogen-bond acceptors (Lipinski definition) is 6. The summed E-state index contributed by atoms with van der Waals surface area (Å²) in [5.41, 5.74) is 0.898. The van der Waals surface area contributed by atoms with Crippen LogP contribution in [0.15, 0.2) is 9.95 Å². The third-order valence-electron chi connectivity index (χ3n) is 4.13. The monoisotopic (exact) mass is 396 g/mol. The van der Waals surface area contributed by atoms with Crippen LogP contribution in [0.3, 0.4) is 0 Å². The van der Waals surface area contributed by atoms with Crippen molar-refractivity contribution in [3.05, 3.63) is 20.8 Å². The summed E-state index contributed by atoms with van der Waals surface area (Å²) in [4.78, 5) is 44.4. The van der Waals surface area contributed by atoms with Gasteiger partial charge in [0.2, 0.25) is 11.8 Å². The fraction of sp³-hybridized carbons (Fsp3) is 0.529. The molecule has 0 saturated carbocycles. The Kier molecular flexibility index (Phi) is 6.46. The summed E-state index contributed by atoms with van der Waals surface area (Å²) in [6.45, 7) is 7.76. The maximum Gasteiger partial charge on any atom is 0.263 e. The van der Waals surface area contributed by atoms with Crippen molar-refractivity contribution in [1.82, 2.24) is 19.8 Å². The molecule has 0 fully saturated rings. The lowest BCUT2D eigenvalue weighted by Crippen LogP contribution is -2.37. The first-order chi connectivity index (χ1) is 12.2. The molecule has 0 bridgehead atoms. The van der Waals surface area contributed by atoms with Crippen LogP contribution in [0.2, 0.25) is 0 Å². The average Bonchev–Trinajstić information content (AvgIpc) is 2.86. The first kappa shape index (κ1) is 20.4. The van der Waals surface area contributed by atoms with Crippen LogP contribution < -0.4 is 10.9 Å². The van der Waals surface area contributed by atoms with Crippen molar-refractivity contribution in [1.29, 1.82) is 0 Å². The summed E-state index contributed by atoms with van der Waals surface area (Å²) in [7, 11) is 3.11. The molecule has 9 heteroatoms. The Balaban J connectivity index is 2.32. The number of thioether (sulfide) groups is 1. The molecule has 2 aromatic heterocycles. The van der Waals surface area contributed by atoms with Crippen LogP contribution in [0.5, 0.6) is 0 Å². The minimum absolute atomic E-state index is 0.00264. The molecule has 2 amide bonds. The summed E-state index contributed by atoms with van der Waals surface area (Å²) in [5, 5.41) is 3.68. The molecule has 0 aliphatic heterocycles. The first-order valence-electron chi connectivity index (χ1n) is 8.26. The minimum atomic E-state index is -0.228. The number of carbonyl (C=O) groups excluding carboxylic acids is 2. The molecular formula is C17H24N4O3S2. The van der Waals surface area contributed by atoms with Crippen molar-refractivity contribution in [2.75, 3.05) is 26.4 Å². The number of carbonyl (C=O) groups is 2. The molecule has 2 heterocycles. The molecule has 0 atom stereocenters. The Labute approximate surface area is 160 Å². The molecule has 2 rings (SSSR count). The van der Waals surface area contributed by atoms with Crippen LogP contribution in [0.1, 0.15) is 30.3 Å². The molecule has 1 N–H and O–H groups in total. The van der Waals surface area contributed by atoms with Gasteiger partial charge >= 0.3 is 0 Å². The van der Waals surface area contributed by atoms with Gasteiger partial charge in [-0.25, -0.2) is 4.98 Å². The van der Waals surface area contributed by atoms with Gasteiger partial charge in [-0.05, 0) is 33.3 Å². The van der Waals surface area contributed by atoms with Crippen LogP contribution in [0, 0.1) is 13.8 Å². The number of aromatic nitrogens is 2. The normalized spacial score (nSPS) is 11.2. The number of thiophene rings is 1. The summed E-state index contributed by atoms with van der Waals surface area (Å²) in [5.74, 6) is -0.308. The summed E-state index contributed by atoms with van der Waals surface area (Å²) >= 11 is 2.72.